The lowest BCUT2D eigenvalue weighted by Crippen LogP contribution is -2.16. The first kappa shape index (κ1) is 12.9. The van der Waals surface area contributed by atoms with E-state index in [1.54, 1.807) is 0 Å². The Balaban J connectivity index is 2.35. The van der Waals surface area contributed by atoms with Gasteiger partial charge in [0.05, 0.1) is 0 Å². The lowest BCUT2D eigenvalue weighted by molar-refractivity contribution is -0.137. The zero-order chi connectivity index (χ0) is 12.1. The first-order chi connectivity index (χ1) is 7.50. The third kappa shape index (κ3) is 3.76. The van der Waals surface area contributed by atoms with Crippen molar-refractivity contribution in [1.29, 1.82) is 0 Å². The van der Waals surface area contributed by atoms with Crippen molar-refractivity contribution in [2.75, 3.05) is 0 Å². The number of carboxylic acid groups (broad SMARTS) is 1. The summed E-state index contributed by atoms with van der Waals surface area (Å²) in [6.45, 7) is 1.53. The minimum atomic E-state index is -0.847. The van der Waals surface area contributed by atoms with Crippen LogP contribution in [0.5, 0.6) is 0 Å². The predicted octanol–water partition coefficient (Wildman–Crippen LogP) is 1.82. The molecule has 4 nitrogen and oxygen atoms in total. The number of ketones is 2. The van der Waals surface area contributed by atoms with Crippen LogP contribution in [-0.4, -0.2) is 22.6 Å². The molecule has 0 aromatic carbocycles. The summed E-state index contributed by atoms with van der Waals surface area (Å²) in [6, 6.07) is 0. The highest BCUT2D eigenvalue weighted by Crippen LogP contribution is 2.33. The molecule has 0 aromatic rings. The number of hydrogen-bond donors (Lipinski definition) is 1. The molecule has 1 rings (SSSR count). The molecule has 0 heterocycles. The van der Waals surface area contributed by atoms with Gasteiger partial charge in [0.15, 0.2) is 0 Å². The number of carboxylic acids is 1. The average Bonchev–Trinajstić information content (AvgIpc) is 2.53. The Hall–Kier alpha value is -1.19. The van der Waals surface area contributed by atoms with E-state index in [0.29, 0.717) is 19.3 Å². The van der Waals surface area contributed by atoms with Crippen molar-refractivity contribution < 1.29 is 19.5 Å². The van der Waals surface area contributed by atoms with E-state index in [1.165, 1.54) is 6.92 Å². The molecule has 0 aliphatic heterocycles. The molecular weight excluding hydrogens is 208 g/mol. The van der Waals surface area contributed by atoms with Crippen LogP contribution in [0.1, 0.15) is 45.4 Å². The maximum atomic E-state index is 11.8. The number of hydrogen-bond acceptors (Lipinski definition) is 3. The topological polar surface area (TPSA) is 71.4 Å². The number of carbonyl (C=O) groups excluding carboxylic acids is 2. The highest BCUT2D eigenvalue weighted by Gasteiger charge is 2.33. The fraction of sp³-hybridized carbons (Fsp3) is 0.750. The summed E-state index contributed by atoms with van der Waals surface area (Å²) in [6.07, 6.45) is 3.21. The van der Waals surface area contributed by atoms with Gasteiger partial charge < -0.3 is 9.90 Å². The van der Waals surface area contributed by atoms with Gasteiger partial charge in [-0.3, -0.25) is 9.59 Å². The second-order valence-electron chi connectivity index (χ2n) is 4.55. The van der Waals surface area contributed by atoms with Gasteiger partial charge in [0.1, 0.15) is 11.6 Å². The normalized spacial score (nSPS) is 24.7. The fourth-order valence-corrected chi connectivity index (χ4v) is 2.27. The van der Waals surface area contributed by atoms with Crippen LogP contribution in [0, 0.1) is 11.8 Å². The Kier molecular flexibility index (Phi) is 4.65. The molecule has 0 amide bonds. The van der Waals surface area contributed by atoms with Crippen LogP contribution < -0.4 is 0 Å². The molecule has 0 saturated heterocycles. The number of carbonyl (C=O) groups is 3. The monoisotopic (exact) mass is 226 g/mol. The van der Waals surface area contributed by atoms with Crippen molar-refractivity contribution in [3.05, 3.63) is 0 Å². The van der Waals surface area contributed by atoms with E-state index in [-0.39, 0.29) is 29.8 Å². The van der Waals surface area contributed by atoms with Crippen molar-refractivity contribution in [1.82, 2.24) is 0 Å². The number of aliphatic carboxylic acids is 1. The van der Waals surface area contributed by atoms with Gasteiger partial charge in [-0.2, -0.15) is 0 Å². The third-order valence-electron chi connectivity index (χ3n) is 3.22. The zero-order valence-electron chi connectivity index (χ0n) is 9.57. The standard InChI is InChI=1S/C12H18O4/c1-8(13)2-3-9-4-5-10(12(9)16)6-7-11(14)15/h9-10H,2-7H2,1H3,(H,14,15)/t9-,10+/m0/s1. The van der Waals surface area contributed by atoms with Crippen LogP contribution in [0.4, 0.5) is 0 Å². The summed E-state index contributed by atoms with van der Waals surface area (Å²) >= 11 is 0. The van der Waals surface area contributed by atoms with E-state index in [9.17, 15) is 14.4 Å². The average molecular weight is 226 g/mol. The highest BCUT2D eigenvalue weighted by molar-refractivity contribution is 5.86. The molecule has 0 radical (unpaired) electrons. The second kappa shape index (κ2) is 5.77. The molecule has 2 atom stereocenters. The Labute approximate surface area is 95.0 Å². The van der Waals surface area contributed by atoms with Gasteiger partial charge in [0.2, 0.25) is 0 Å². The Morgan fingerprint density at radius 3 is 2.12 bits per heavy atom. The molecule has 1 aliphatic rings. The van der Waals surface area contributed by atoms with Crippen LogP contribution in [0.25, 0.3) is 0 Å². The zero-order valence-corrected chi connectivity index (χ0v) is 9.57. The SMILES string of the molecule is CC(=O)CC[C@H]1CC[C@H](CCC(=O)O)C1=O. The predicted molar refractivity (Wildman–Crippen MR) is 58.0 cm³/mol. The lowest BCUT2D eigenvalue weighted by atomic mass is 9.95. The molecule has 1 aliphatic carbocycles. The van der Waals surface area contributed by atoms with E-state index in [1.807, 2.05) is 0 Å². The van der Waals surface area contributed by atoms with Gasteiger partial charge in [0.25, 0.3) is 0 Å². The van der Waals surface area contributed by atoms with Gasteiger partial charge >= 0.3 is 5.97 Å². The minimum absolute atomic E-state index is 0.0114. The summed E-state index contributed by atoms with van der Waals surface area (Å²) in [7, 11) is 0. The molecule has 0 aromatic heterocycles. The quantitative estimate of drug-likeness (QED) is 0.749. The Bertz CT molecular complexity index is 267. The van der Waals surface area contributed by atoms with Crippen LogP contribution in [0.3, 0.4) is 0 Å². The van der Waals surface area contributed by atoms with Gasteiger partial charge in [-0.05, 0) is 32.6 Å². The molecule has 1 N–H and O–H groups in total. The van der Waals surface area contributed by atoms with Gasteiger partial charge in [0, 0.05) is 24.7 Å². The molecule has 16 heavy (non-hydrogen) atoms. The lowest BCUT2D eigenvalue weighted by Gasteiger charge is -2.08. The third-order valence-corrected chi connectivity index (χ3v) is 3.22. The molecule has 0 spiro atoms. The maximum absolute atomic E-state index is 11.8. The van der Waals surface area contributed by atoms with Crippen molar-refractivity contribution in [3.63, 3.8) is 0 Å². The van der Waals surface area contributed by atoms with Gasteiger partial charge in [-0.15, -0.1) is 0 Å². The smallest absolute Gasteiger partial charge is 0.303 e. The molecular formula is C12H18O4. The van der Waals surface area contributed by atoms with E-state index in [0.717, 1.165) is 12.8 Å². The molecule has 1 fully saturated rings. The molecule has 4 heteroatoms. The van der Waals surface area contributed by atoms with E-state index in [4.69, 9.17) is 5.11 Å². The van der Waals surface area contributed by atoms with Crippen LogP contribution in [0.15, 0.2) is 0 Å². The first-order valence-corrected chi connectivity index (χ1v) is 5.75. The molecule has 0 unspecified atom stereocenters. The van der Waals surface area contributed by atoms with Crippen LogP contribution in [0.2, 0.25) is 0 Å². The van der Waals surface area contributed by atoms with Crippen molar-refractivity contribution in [3.8, 4) is 0 Å². The molecule has 1 saturated carbocycles. The summed E-state index contributed by atoms with van der Waals surface area (Å²) in [4.78, 5) is 33.0. The summed E-state index contributed by atoms with van der Waals surface area (Å²) in [5.41, 5.74) is 0. The van der Waals surface area contributed by atoms with E-state index in [2.05, 4.69) is 0 Å². The van der Waals surface area contributed by atoms with E-state index >= 15 is 0 Å². The largest absolute Gasteiger partial charge is 0.481 e. The molecule has 90 valence electrons. The number of Topliss-reactive ketones (excluding diaryl/α,β-unsaturated/α-hetero) is 2. The van der Waals surface area contributed by atoms with Crippen molar-refractivity contribution in [2.45, 2.75) is 45.4 Å². The minimum Gasteiger partial charge on any atom is -0.481 e. The highest BCUT2D eigenvalue weighted by atomic mass is 16.4. The van der Waals surface area contributed by atoms with Crippen LogP contribution >= 0.6 is 0 Å². The molecule has 0 bridgehead atoms. The second-order valence-corrected chi connectivity index (χ2v) is 4.55. The summed E-state index contributed by atoms with van der Waals surface area (Å²) in [5.74, 6) is -0.667. The fourth-order valence-electron chi connectivity index (χ4n) is 2.27. The summed E-state index contributed by atoms with van der Waals surface area (Å²) in [5, 5.41) is 8.55. The van der Waals surface area contributed by atoms with Crippen LogP contribution in [-0.2, 0) is 14.4 Å². The Morgan fingerprint density at radius 1 is 1.19 bits per heavy atom. The van der Waals surface area contributed by atoms with Crippen molar-refractivity contribution in [2.24, 2.45) is 11.8 Å². The maximum Gasteiger partial charge on any atom is 0.303 e. The van der Waals surface area contributed by atoms with Gasteiger partial charge in [-0.1, -0.05) is 0 Å². The van der Waals surface area contributed by atoms with Crippen molar-refractivity contribution >= 4 is 17.5 Å². The first-order valence-electron chi connectivity index (χ1n) is 5.75. The van der Waals surface area contributed by atoms with Gasteiger partial charge in [-0.25, -0.2) is 0 Å². The Morgan fingerprint density at radius 2 is 1.69 bits per heavy atom. The number of rotatable bonds is 6. The summed E-state index contributed by atoms with van der Waals surface area (Å²) < 4.78 is 0. The van der Waals surface area contributed by atoms with E-state index < -0.39 is 5.97 Å².